The second-order valence-corrected chi connectivity index (χ2v) is 14.7. The summed E-state index contributed by atoms with van der Waals surface area (Å²) in [6.07, 6.45) is 15.7. The molecule has 4 aromatic carbocycles. The Kier molecular flexibility index (Phi) is 11.2. The van der Waals surface area contributed by atoms with E-state index in [0.717, 1.165) is 159 Å². The molecule has 0 N–H and O–H groups in total. The minimum atomic E-state index is 0.622. The fourth-order valence-corrected chi connectivity index (χ4v) is 9.13. The van der Waals surface area contributed by atoms with E-state index in [4.69, 9.17) is 43.4 Å². The molecule has 0 aliphatic heterocycles. The van der Waals surface area contributed by atoms with Gasteiger partial charge in [-0.3, -0.25) is 0 Å². The molecular formula is C45H57N3O6. The van der Waals surface area contributed by atoms with Crippen molar-refractivity contribution in [3.63, 3.8) is 0 Å². The summed E-state index contributed by atoms with van der Waals surface area (Å²) in [5.74, 6) is 3.87. The fraction of sp³-hybridized carbons (Fsp3) is 0.533. The van der Waals surface area contributed by atoms with Crippen LogP contribution in [-0.4, -0.2) is 57.6 Å². The fourth-order valence-electron chi connectivity index (χ4n) is 9.13. The molecule has 0 aliphatic carbocycles. The lowest BCUT2D eigenvalue weighted by Gasteiger charge is -2.28. The SMILES string of the molecule is CCCCCCc1nc2c(OC)c(OC)c3c(CCCCCC)nc4c(OC)c(OC)c5c(CCCCCC)nc6c(OC)c(OC)c1c1c6c5c4c3c21. The van der Waals surface area contributed by atoms with Crippen molar-refractivity contribution in [2.45, 2.75) is 117 Å². The summed E-state index contributed by atoms with van der Waals surface area (Å²) in [7, 11) is 10.3. The molecule has 0 atom stereocenters. The standard InChI is InChI=1S/C45H57N3O6/c1-10-13-16-19-22-25-28-31-34-32-29(41(50-5)43(52-7)37(34)46-25)26(23-20-17-14-11-2)48-39-36(32)33-30(42(51-6)45(39)54-9)27(24-21-18-15-12-3)47-38(35(31)33)44(53-8)40(28)49-4/h10-24H2,1-9H3. The van der Waals surface area contributed by atoms with Gasteiger partial charge in [0.05, 0.1) is 75.9 Å². The number of pyridine rings is 3. The predicted molar refractivity (Wildman–Crippen MR) is 221 cm³/mol. The maximum absolute atomic E-state index is 6.37. The number of methoxy groups -OCH3 is 6. The average Bonchev–Trinajstić information content (AvgIpc) is 3.19. The van der Waals surface area contributed by atoms with Gasteiger partial charge in [0.15, 0.2) is 34.5 Å². The maximum atomic E-state index is 6.37. The summed E-state index contributed by atoms with van der Waals surface area (Å²) < 4.78 is 38.1. The van der Waals surface area contributed by atoms with Crippen molar-refractivity contribution in [3.05, 3.63) is 17.1 Å². The van der Waals surface area contributed by atoms with Crippen molar-refractivity contribution < 1.29 is 28.4 Å². The van der Waals surface area contributed by atoms with E-state index in [-0.39, 0.29) is 0 Å². The van der Waals surface area contributed by atoms with Crippen molar-refractivity contribution in [2.75, 3.05) is 42.7 Å². The average molecular weight is 736 g/mol. The van der Waals surface area contributed by atoms with E-state index in [1.165, 1.54) is 19.3 Å². The van der Waals surface area contributed by atoms with Crippen LogP contribution in [0.4, 0.5) is 0 Å². The minimum absolute atomic E-state index is 0.622. The highest BCUT2D eigenvalue weighted by Gasteiger charge is 2.36. The van der Waals surface area contributed by atoms with Crippen molar-refractivity contribution in [2.24, 2.45) is 0 Å². The Morgan fingerprint density at radius 2 is 0.556 bits per heavy atom. The highest BCUT2D eigenvalue weighted by Crippen LogP contribution is 2.60. The van der Waals surface area contributed by atoms with Gasteiger partial charge in [0.25, 0.3) is 0 Å². The van der Waals surface area contributed by atoms with Gasteiger partial charge in [0, 0.05) is 32.3 Å². The highest BCUT2D eigenvalue weighted by molar-refractivity contribution is 6.47. The zero-order valence-electron chi connectivity index (χ0n) is 33.9. The highest BCUT2D eigenvalue weighted by atomic mass is 16.5. The molecule has 0 amide bonds. The monoisotopic (exact) mass is 735 g/mol. The molecule has 7 rings (SSSR count). The summed E-state index contributed by atoms with van der Waals surface area (Å²) in [4.78, 5) is 16.6. The van der Waals surface area contributed by atoms with Gasteiger partial charge in [-0.05, 0) is 38.5 Å². The van der Waals surface area contributed by atoms with E-state index in [0.29, 0.717) is 34.5 Å². The van der Waals surface area contributed by atoms with Crippen LogP contribution in [0.25, 0.3) is 65.0 Å². The van der Waals surface area contributed by atoms with Crippen molar-refractivity contribution in [3.8, 4) is 34.5 Å². The topological polar surface area (TPSA) is 94.1 Å². The van der Waals surface area contributed by atoms with Gasteiger partial charge in [0.1, 0.15) is 16.6 Å². The molecule has 0 spiro atoms. The van der Waals surface area contributed by atoms with Crippen LogP contribution < -0.4 is 28.4 Å². The third-order valence-electron chi connectivity index (χ3n) is 11.5. The number of nitrogens with zero attached hydrogens (tertiary/aromatic N) is 3. The van der Waals surface area contributed by atoms with Crippen molar-refractivity contribution in [1.82, 2.24) is 15.0 Å². The van der Waals surface area contributed by atoms with Crippen LogP contribution in [0.3, 0.4) is 0 Å². The van der Waals surface area contributed by atoms with Crippen LogP contribution in [0.1, 0.15) is 115 Å². The Morgan fingerprint density at radius 1 is 0.296 bits per heavy atom. The Morgan fingerprint density at radius 3 is 0.778 bits per heavy atom. The molecule has 7 aromatic rings. The first kappa shape index (κ1) is 37.8. The zero-order chi connectivity index (χ0) is 38.1. The van der Waals surface area contributed by atoms with Crippen LogP contribution in [0.2, 0.25) is 0 Å². The maximum Gasteiger partial charge on any atom is 0.187 e. The van der Waals surface area contributed by atoms with Crippen LogP contribution >= 0.6 is 0 Å². The predicted octanol–water partition coefficient (Wildman–Crippen LogP) is 11.5. The lowest BCUT2D eigenvalue weighted by molar-refractivity contribution is 0.360. The van der Waals surface area contributed by atoms with Crippen LogP contribution in [0.5, 0.6) is 34.5 Å². The first-order valence-electron chi connectivity index (χ1n) is 20.2. The zero-order valence-corrected chi connectivity index (χ0v) is 33.9. The number of unbranched alkanes of at least 4 members (excludes halogenated alkanes) is 9. The number of rotatable bonds is 21. The molecule has 0 bridgehead atoms. The summed E-state index contributed by atoms with van der Waals surface area (Å²) in [6.45, 7) is 6.72. The molecule has 0 radical (unpaired) electrons. The Balaban J connectivity index is 1.79. The van der Waals surface area contributed by atoms with Crippen molar-refractivity contribution in [1.29, 1.82) is 0 Å². The van der Waals surface area contributed by atoms with Crippen LogP contribution in [0, 0.1) is 0 Å². The molecule has 0 saturated heterocycles. The van der Waals surface area contributed by atoms with Crippen molar-refractivity contribution >= 4 is 65.0 Å². The van der Waals surface area contributed by atoms with Gasteiger partial charge in [-0.15, -0.1) is 0 Å². The van der Waals surface area contributed by atoms with E-state index in [2.05, 4.69) is 20.8 Å². The second-order valence-electron chi connectivity index (χ2n) is 14.7. The number of ether oxygens (including phenoxy) is 6. The second kappa shape index (κ2) is 16.1. The molecule has 3 aromatic heterocycles. The normalized spacial score (nSPS) is 12.2. The van der Waals surface area contributed by atoms with E-state index in [9.17, 15) is 0 Å². The number of benzene rings is 4. The molecule has 3 heterocycles. The largest absolute Gasteiger partial charge is 0.492 e. The molecule has 0 saturated carbocycles. The van der Waals surface area contributed by atoms with Crippen LogP contribution in [-0.2, 0) is 19.3 Å². The molecular weight excluding hydrogens is 679 g/mol. The first-order valence-corrected chi connectivity index (χ1v) is 20.2. The number of hydrogen-bond acceptors (Lipinski definition) is 9. The van der Waals surface area contributed by atoms with E-state index in [1.54, 1.807) is 42.7 Å². The Labute approximate surface area is 319 Å². The van der Waals surface area contributed by atoms with Gasteiger partial charge in [-0.1, -0.05) is 78.6 Å². The summed E-state index contributed by atoms with van der Waals surface area (Å²) in [5, 5.41) is 9.08. The van der Waals surface area contributed by atoms with E-state index >= 15 is 0 Å². The van der Waals surface area contributed by atoms with Gasteiger partial charge < -0.3 is 28.4 Å². The lowest BCUT2D eigenvalue weighted by Crippen LogP contribution is -2.09. The van der Waals surface area contributed by atoms with E-state index < -0.39 is 0 Å². The molecule has 288 valence electrons. The summed E-state index contributed by atoms with van der Waals surface area (Å²) in [5.41, 5.74) is 5.18. The number of hydrogen-bond donors (Lipinski definition) is 0. The quantitative estimate of drug-likeness (QED) is 0.0406. The summed E-state index contributed by atoms with van der Waals surface area (Å²) in [6, 6.07) is 0. The molecule has 54 heavy (non-hydrogen) atoms. The van der Waals surface area contributed by atoms with Gasteiger partial charge >= 0.3 is 0 Å². The molecule has 0 aliphatic rings. The minimum Gasteiger partial charge on any atom is -0.492 e. The number of aryl methyl sites for hydroxylation is 3. The number of aromatic nitrogens is 3. The molecule has 0 fully saturated rings. The third-order valence-corrected chi connectivity index (χ3v) is 11.5. The Hall–Kier alpha value is -4.53. The van der Waals surface area contributed by atoms with Gasteiger partial charge in [0.2, 0.25) is 0 Å². The summed E-state index contributed by atoms with van der Waals surface area (Å²) >= 11 is 0. The van der Waals surface area contributed by atoms with Gasteiger partial charge in [-0.2, -0.15) is 0 Å². The molecule has 9 heteroatoms. The molecule has 9 nitrogen and oxygen atoms in total. The molecule has 0 unspecified atom stereocenters. The van der Waals surface area contributed by atoms with Crippen LogP contribution in [0.15, 0.2) is 0 Å². The first-order chi connectivity index (χ1) is 26.5. The lowest BCUT2D eigenvalue weighted by atomic mass is 9.82. The van der Waals surface area contributed by atoms with E-state index in [1.807, 2.05) is 0 Å². The van der Waals surface area contributed by atoms with Gasteiger partial charge in [-0.25, -0.2) is 15.0 Å². The smallest absolute Gasteiger partial charge is 0.187 e. The Bertz CT molecular complexity index is 2090. The third kappa shape index (κ3) is 5.75.